The second-order valence-electron chi connectivity index (χ2n) is 6.19. The zero-order valence-corrected chi connectivity index (χ0v) is 14.2. The summed E-state index contributed by atoms with van der Waals surface area (Å²) in [6.07, 6.45) is 2.90. The van der Waals surface area contributed by atoms with Crippen molar-refractivity contribution in [3.63, 3.8) is 0 Å². The minimum absolute atomic E-state index is 0.0301. The van der Waals surface area contributed by atoms with Gasteiger partial charge in [-0.25, -0.2) is 4.98 Å². The molecule has 3 rings (SSSR count). The highest BCUT2D eigenvalue weighted by atomic mass is 32.2. The molecule has 1 aliphatic rings. The van der Waals surface area contributed by atoms with Crippen LogP contribution in [0.1, 0.15) is 44.7 Å². The highest BCUT2D eigenvalue weighted by molar-refractivity contribution is 7.99. The molecule has 3 nitrogen and oxygen atoms in total. The SMILES string of the molecule is CCCSc1nc2c(c(=O)[nH]1)[C@](C)(CC)Cc1ccccc1-2. The van der Waals surface area contributed by atoms with Crippen molar-refractivity contribution in [3.05, 3.63) is 45.7 Å². The number of aromatic amines is 1. The van der Waals surface area contributed by atoms with E-state index in [1.165, 1.54) is 5.56 Å². The van der Waals surface area contributed by atoms with Gasteiger partial charge in [0.2, 0.25) is 0 Å². The normalized spacial score (nSPS) is 19.6. The quantitative estimate of drug-likeness (QED) is 0.681. The molecular formula is C18H22N2OS. The van der Waals surface area contributed by atoms with E-state index in [2.05, 4.69) is 44.0 Å². The van der Waals surface area contributed by atoms with Crippen molar-refractivity contribution in [3.8, 4) is 11.3 Å². The van der Waals surface area contributed by atoms with Gasteiger partial charge < -0.3 is 4.98 Å². The summed E-state index contributed by atoms with van der Waals surface area (Å²) in [5.74, 6) is 0.967. The summed E-state index contributed by atoms with van der Waals surface area (Å²) in [7, 11) is 0. The summed E-state index contributed by atoms with van der Waals surface area (Å²) in [4.78, 5) is 20.5. The number of nitrogens with zero attached hydrogens (tertiary/aromatic N) is 1. The van der Waals surface area contributed by atoms with Gasteiger partial charge in [-0.3, -0.25) is 4.79 Å². The van der Waals surface area contributed by atoms with Gasteiger partial charge in [0.05, 0.1) is 5.69 Å². The molecule has 0 radical (unpaired) electrons. The smallest absolute Gasteiger partial charge is 0.255 e. The Balaban J connectivity index is 2.23. The second-order valence-corrected chi connectivity index (χ2v) is 7.27. The number of hydrogen-bond acceptors (Lipinski definition) is 3. The number of benzene rings is 1. The molecule has 1 heterocycles. The van der Waals surface area contributed by atoms with Crippen LogP contribution < -0.4 is 5.56 Å². The Kier molecular flexibility index (Phi) is 4.13. The molecule has 2 aromatic rings. The zero-order valence-electron chi connectivity index (χ0n) is 13.4. The van der Waals surface area contributed by atoms with Crippen LogP contribution in [0, 0.1) is 0 Å². The summed E-state index contributed by atoms with van der Waals surface area (Å²) in [6.45, 7) is 6.46. The molecule has 1 aliphatic carbocycles. The lowest BCUT2D eigenvalue weighted by Gasteiger charge is -2.34. The van der Waals surface area contributed by atoms with Crippen molar-refractivity contribution in [2.24, 2.45) is 0 Å². The second kappa shape index (κ2) is 5.92. The van der Waals surface area contributed by atoms with E-state index >= 15 is 0 Å². The van der Waals surface area contributed by atoms with E-state index in [-0.39, 0.29) is 11.0 Å². The van der Waals surface area contributed by atoms with Gasteiger partial charge >= 0.3 is 0 Å². The van der Waals surface area contributed by atoms with Gasteiger partial charge in [0, 0.05) is 22.3 Å². The minimum Gasteiger partial charge on any atom is -0.301 e. The summed E-state index contributed by atoms with van der Waals surface area (Å²) < 4.78 is 0. The lowest BCUT2D eigenvalue weighted by molar-refractivity contribution is 0.438. The predicted molar refractivity (Wildman–Crippen MR) is 92.7 cm³/mol. The molecule has 116 valence electrons. The maximum atomic E-state index is 12.7. The van der Waals surface area contributed by atoms with Crippen molar-refractivity contribution in [1.82, 2.24) is 9.97 Å². The average Bonchev–Trinajstić information content (AvgIpc) is 2.52. The highest BCUT2D eigenvalue weighted by Gasteiger charge is 2.37. The van der Waals surface area contributed by atoms with Crippen molar-refractivity contribution >= 4 is 11.8 Å². The fraction of sp³-hybridized carbons (Fsp3) is 0.444. The molecule has 0 unspecified atom stereocenters. The number of rotatable bonds is 4. The van der Waals surface area contributed by atoms with E-state index in [0.717, 1.165) is 47.0 Å². The van der Waals surface area contributed by atoms with Crippen LogP contribution in [-0.4, -0.2) is 15.7 Å². The summed E-state index contributed by atoms with van der Waals surface area (Å²) in [6, 6.07) is 8.34. The molecule has 0 bridgehead atoms. The van der Waals surface area contributed by atoms with Crippen LogP contribution in [0.15, 0.2) is 34.2 Å². The van der Waals surface area contributed by atoms with Crippen LogP contribution >= 0.6 is 11.8 Å². The Labute approximate surface area is 135 Å². The number of hydrogen-bond donors (Lipinski definition) is 1. The molecule has 1 aromatic carbocycles. The van der Waals surface area contributed by atoms with Gasteiger partial charge in [-0.2, -0.15) is 0 Å². The lowest BCUT2D eigenvalue weighted by atomic mass is 9.69. The summed E-state index contributed by atoms with van der Waals surface area (Å²) in [5, 5.41) is 0.737. The first kappa shape index (κ1) is 15.3. The molecule has 4 heteroatoms. The van der Waals surface area contributed by atoms with Crippen molar-refractivity contribution in [2.45, 2.75) is 50.6 Å². The van der Waals surface area contributed by atoms with Crippen LogP contribution in [-0.2, 0) is 11.8 Å². The molecule has 0 amide bonds. The first-order chi connectivity index (χ1) is 10.6. The lowest BCUT2D eigenvalue weighted by Crippen LogP contribution is -2.36. The number of nitrogens with one attached hydrogen (secondary N) is 1. The Morgan fingerprint density at radius 1 is 1.32 bits per heavy atom. The van der Waals surface area contributed by atoms with Crippen molar-refractivity contribution in [2.75, 3.05) is 5.75 Å². The third kappa shape index (κ3) is 2.50. The maximum absolute atomic E-state index is 12.7. The number of aromatic nitrogens is 2. The Bertz CT molecular complexity index is 753. The molecule has 1 aromatic heterocycles. The van der Waals surface area contributed by atoms with Gasteiger partial charge in [-0.15, -0.1) is 0 Å². The van der Waals surface area contributed by atoms with E-state index < -0.39 is 0 Å². The first-order valence-electron chi connectivity index (χ1n) is 7.95. The first-order valence-corrected chi connectivity index (χ1v) is 8.93. The van der Waals surface area contributed by atoms with Crippen molar-refractivity contribution in [1.29, 1.82) is 0 Å². The van der Waals surface area contributed by atoms with E-state index in [1.807, 2.05) is 6.07 Å². The molecule has 0 aliphatic heterocycles. The zero-order chi connectivity index (χ0) is 15.7. The molecule has 0 saturated heterocycles. The van der Waals surface area contributed by atoms with Gasteiger partial charge in [0.25, 0.3) is 5.56 Å². The van der Waals surface area contributed by atoms with E-state index in [9.17, 15) is 4.79 Å². The Morgan fingerprint density at radius 3 is 2.82 bits per heavy atom. The fourth-order valence-electron chi connectivity index (χ4n) is 3.19. The maximum Gasteiger partial charge on any atom is 0.255 e. The number of fused-ring (bicyclic) bond motifs is 3. The number of thioether (sulfide) groups is 1. The van der Waals surface area contributed by atoms with Crippen LogP contribution in [0.25, 0.3) is 11.3 Å². The van der Waals surface area contributed by atoms with Gasteiger partial charge in [0.15, 0.2) is 5.16 Å². The summed E-state index contributed by atoms with van der Waals surface area (Å²) >= 11 is 1.62. The van der Waals surface area contributed by atoms with Crippen LogP contribution in [0.2, 0.25) is 0 Å². The summed E-state index contributed by atoms with van der Waals surface area (Å²) in [5.41, 5.74) is 4.04. The van der Waals surface area contributed by atoms with Crippen LogP contribution in [0.3, 0.4) is 0 Å². The topological polar surface area (TPSA) is 45.8 Å². The third-order valence-corrected chi connectivity index (χ3v) is 5.66. The molecule has 22 heavy (non-hydrogen) atoms. The molecule has 1 atom stereocenters. The molecular weight excluding hydrogens is 292 g/mol. The molecule has 0 saturated carbocycles. The van der Waals surface area contributed by atoms with Gasteiger partial charge in [-0.05, 0) is 24.8 Å². The molecule has 0 fully saturated rings. The van der Waals surface area contributed by atoms with Crippen LogP contribution in [0.4, 0.5) is 0 Å². The highest BCUT2D eigenvalue weighted by Crippen LogP contribution is 2.42. The largest absolute Gasteiger partial charge is 0.301 e. The monoisotopic (exact) mass is 314 g/mol. The van der Waals surface area contributed by atoms with E-state index in [4.69, 9.17) is 4.98 Å². The number of H-pyrrole nitrogens is 1. The fourth-order valence-corrected chi connectivity index (χ4v) is 3.91. The van der Waals surface area contributed by atoms with Crippen molar-refractivity contribution < 1.29 is 0 Å². The molecule has 1 N–H and O–H groups in total. The molecule has 0 spiro atoms. The minimum atomic E-state index is -0.141. The van der Waals surface area contributed by atoms with Gasteiger partial charge in [0.1, 0.15) is 0 Å². The van der Waals surface area contributed by atoms with Crippen LogP contribution in [0.5, 0.6) is 0 Å². The van der Waals surface area contributed by atoms with Gasteiger partial charge in [-0.1, -0.05) is 56.8 Å². The Hall–Kier alpha value is -1.55. The van der Waals surface area contributed by atoms with E-state index in [1.54, 1.807) is 11.8 Å². The third-order valence-electron chi connectivity index (χ3n) is 4.58. The standard InChI is InChI=1S/C18H22N2OS/c1-4-10-22-17-19-15-13-9-7-6-8-12(13)11-18(3,5-2)14(15)16(21)20-17/h6-9H,4-5,10-11H2,1-3H3,(H,19,20,21)/t18-/m1/s1. The van der Waals surface area contributed by atoms with E-state index in [0.29, 0.717) is 0 Å². The predicted octanol–water partition coefficient (Wildman–Crippen LogP) is 4.16. The Morgan fingerprint density at radius 2 is 2.09 bits per heavy atom. The average molecular weight is 314 g/mol.